The second kappa shape index (κ2) is 6.00. The van der Waals surface area contributed by atoms with Crippen molar-refractivity contribution in [2.45, 2.75) is 32.1 Å². The summed E-state index contributed by atoms with van der Waals surface area (Å²) in [4.78, 5) is 17.0. The van der Waals surface area contributed by atoms with E-state index in [1.165, 1.54) is 19.4 Å². The molecule has 2 heterocycles. The molecule has 1 aromatic rings. The molecule has 0 bridgehead atoms. The molecular formula is C13H20N2O3. The number of piperidine rings is 1. The van der Waals surface area contributed by atoms with Gasteiger partial charge in [0.2, 0.25) is 0 Å². The standard InChI is InChI=1S/C13H20N2O3/c1-15-6-2-3-10(9-15)7-12-14-8-11(18-12)4-5-13(16)17/h8,10H,2-7,9H2,1H3,(H,16,17). The summed E-state index contributed by atoms with van der Waals surface area (Å²) in [6, 6.07) is 0. The first-order valence-electron chi connectivity index (χ1n) is 6.47. The molecule has 1 fully saturated rings. The minimum absolute atomic E-state index is 0.0980. The Labute approximate surface area is 107 Å². The molecule has 1 aliphatic heterocycles. The quantitative estimate of drug-likeness (QED) is 0.861. The average Bonchev–Trinajstić information content (AvgIpc) is 2.74. The molecule has 0 amide bonds. The lowest BCUT2D eigenvalue weighted by molar-refractivity contribution is -0.137. The van der Waals surface area contributed by atoms with Gasteiger partial charge >= 0.3 is 5.97 Å². The average molecular weight is 252 g/mol. The van der Waals surface area contributed by atoms with Crippen LogP contribution in [0.4, 0.5) is 0 Å². The van der Waals surface area contributed by atoms with E-state index in [2.05, 4.69) is 16.9 Å². The first-order chi connectivity index (χ1) is 8.63. The summed E-state index contributed by atoms with van der Waals surface area (Å²) in [6.45, 7) is 2.26. The second-order valence-electron chi connectivity index (χ2n) is 5.09. The Bertz CT molecular complexity index is 403. The van der Waals surface area contributed by atoms with Crippen molar-refractivity contribution in [2.75, 3.05) is 20.1 Å². The molecule has 0 saturated carbocycles. The third-order valence-electron chi connectivity index (χ3n) is 3.37. The molecule has 18 heavy (non-hydrogen) atoms. The molecular weight excluding hydrogens is 232 g/mol. The van der Waals surface area contributed by atoms with Gasteiger partial charge in [0, 0.05) is 19.4 Å². The van der Waals surface area contributed by atoms with Gasteiger partial charge in [-0.05, 0) is 32.4 Å². The number of aliphatic carboxylic acids is 1. The third kappa shape index (κ3) is 3.84. The number of aromatic nitrogens is 1. The summed E-state index contributed by atoms with van der Waals surface area (Å²) < 4.78 is 5.58. The Morgan fingerprint density at radius 2 is 2.50 bits per heavy atom. The molecule has 5 heteroatoms. The predicted molar refractivity (Wildman–Crippen MR) is 66.4 cm³/mol. The number of likely N-dealkylation sites (tertiary alicyclic amines) is 1. The Hall–Kier alpha value is -1.36. The minimum atomic E-state index is -0.804. The smallest absolute Gasteiger partial charge is 0.303 e. The third-order valence-corrected chi connectivity index (χ3v) is 3.37. The first kappa shape index (κ1) is 13.1. The monoisotopic (exact) mass is 252 g/mol. The molecule has 1 saturated heterocycles. The highest BCUT2D eigenvalue weighted by molar-refractivity contribution is 5.66. The van der Waals surface area contributed by atoms with Crippen molar-refractivity contribution in [2.24, 2.45) is 5.92 Å². The minimum Gasteiger partial charge on any atom is -0.481 e. The van der Waals surface area contributed by atoms with Gasteiger partial charge < -0.3 is 14.4 Å². The summed E-state index contributed by atoms with van der Waals surface area (Å²) in [6.07, 6.45) is 5.49. The molecule has 1 N–H and O–H groups in total. The van der Waals surface area contributed by atoms with Crippen molar-refractivity contribution >= 4 is 5.97 Å². The number of hydrogen-bond acceptors (Lipinski definition) is 4. The number of rotatable bonds is 5. The van der Waals surface area contributed by atoms with Crippen molar-refractivity contribution in [1.82, 2.24) is 9.88 Å². The first-order valence-corrected chi connectivity index (χ1v) is 6.47. The van der Waals surface area contributed by atoms with E-state index >= 15 is 0 Å². The van der Waals surface area contributed by atoms with Crippen LogP contribution in [0.25, 0.3) is 0 Å². The van der Waals surface area contributed by atoms with Crippen LogP contribution in [0.3, 0.4) is 0 Å². The molecule has 0 aliphatic carbocycles. The van der Waals surface area contributed by atoms with Crippen LogP contribution in [0.5, 0.6) is 0 Å². The van der Waals surface area contributed by atoms with Crippen molar-refractivity contribution in [3.8, 4) is 0 Å². The number of oxazole rings is 1. The van der Waals surface area contributed by atoms with Crippen LogP contribution in [0.1, 0.15) is 30.9 Å². The van der Waals surface area contributed by atoms with Crippen LogP contribution in [0, 0.1) is 5.92 Å². The number of nitrogens with zero attached hydrogens (tertiary/aromatic N) is 2. The fourth-order valence-electron chi connectivity index (χ4n) is 2.47. The number of carbonyl (C=O) groups is 1. The Balaban J connectivity index is 1.84. The van der Waals surface area contributed by atoms with Crippen LogP contribution >= 0.6 is 0 Å². The normalized spacial score (nSPS) is 21.1. The zero-order valence-electron chi connectivity index (χ0n) is 10.8. The summed E-state index contributed by atoms with van der Waals surface area (Å²) in [5, 5.41) is 8.60. The van der Waals surface area contributed by atoms with Gasteiger partial charge in [0.25, 0.3) is 0 Å². The van der Waals surface area contributed by atoms with Crippen LogP contribution in [0.15, 0.2) is 10.6 Å². The molecule has 5 nitrogen and oxygen atoms in total. The van der Waals surface area contributed by atoms with E-state index < -0.39 is 5.97 Å². The van der Waals surface area contributed by atoms with Crippen molar-refractivity contribution in [1.29, 1.82) is 0 Å². The van der Waals surface area contributed by atoms with Crippen molar-refractivity contribution < 1.29 is 14.3 Å². The van der Waals surface area contributed by atoms with Gasteiger partial charge in [0.15, 0.2) is 5.89 Å². The Morgan fingerprint density at radius 1 is 1.67 bits per heavy atom. The maximum absolute atomic E-state index is 10.5. The Morgan fingerprint density at radius 3 is 3.22 bits per heavy atom. The highest BCUT2D eigenvalue weighted by Crippen LogP contribution is 2.20. The molecule has 2 rings (SSSR count). The fourth-order valence-corrected chi connectivity index (χ4v) is 2.47. The van der Waals surface area contributed by atoms with Gasteiger partial charge in [0.1, 0.15) is 5.76 Å². The van der Waals surface area contributed by atoms with E-state index in [4.69, 9.17) is 9.52 Å². The van der Waals surface area contributed by atoms with Gasteiger partial charge in [-0.25, -0.2) is 4.98 Å². The largest absolute Gasteiger partial charge is 0.481 e. The molecule has 0 radical (unpaired) electrons. The SMILES string of the molecule is CN1CCCC(Cc2ncc(CCC(=O)O)o2)C1. The molecule has 0 aromatic carbocycles. The summed E-state index contributed by atoms with van der Waals surface area (Å²) in [5.74, 6) is 1.23. The van der Waals surface area contributed by atoms with Crippen molar-refractivity contribution in [3.05, 3.63) is 17.8 Å². The zero-order chi connectivity index (χ0) is 13.0. The topological polar surface area (TPSA) is 66.6 Å². The van der Waals surface area contributed by atoms with Crippen LogP contribution in [-0.4, -0.2) is 41.1 Å². The van der Waals surface area contributed by atoms with Gasteiger partial charge in [-0.2, -0.15) is 0 Å². The van der Waals surface area contributed by atoms with Gasteiger partial charge in [-0.3, -0.25) is 4.79 Å². The van der Waals surface area contributed by atoms with Crippen LogP contribution in [-0.2, 0) is 17.6 Å². The predicted octanol–water partition coefficient (Wildman–Crippen LogP) is 1.58. The van der Waals surface area contributed by atoms with Gasteiger partial charge in [-0.1, -0.05) is 0 Å². The van der Waals surface area contributed by atoms with E-state index in [1.807, 2.05) is 0 Å². The number of hydrogen-bond donors (Lipinski definition) is 1. The zero-order valence-corrected chi connectivity index (χ0v) is 10.8. The van der Waals surface area contributed by atoms with Crippen LogP contribution in [0.2, 0.25) is 0 Å². The van der Waals surface area contributed by atoms with Crippen LogP contribution < -0.4 is 0 Å². The maximum Gasteiger partial charge on any atom is 0.303 e. The number of aryl methyl sites for hydroxylation is 1. The van der Waals surface area contributed by atoms with Gasteiger partial charge in [0.05, 0.1) is 12.6 Å². The highest BCUT2D eigenvalue weighted by Gasteiger charge is 2.19. The second-order valence-corrected chi connectivity index (χ2v) is 5.09. The maximum atomic E-state index is 10.5. The molecule has 100 valence electrons. The summed E-state index contributed by atoms with van der Waals surface area (Å²) in [7, 11) is 2.14. The molecule has 0 spiro atoms. The summed E-state index contributed by atoms with van der Waals surface area (Å²) >= 11 is 0. The lowest BCUT2D eigenvalue weighted by Crippen LogP contribution is -2.33. The molecule has 1 aliphatic rings. The van der Waals surface area contributed by atoms with E-state index in [-0.39, 0.29) is 6.42 Å². The molecule has 1 atom stereocenters. The van der Waals surface area contributed by atoms with E-state index in [0.717, 1.165) is 18.9 Å². The summed E-state index contributed by atoms with van der Waals surface area (Å²) in [5.41, 5.74) is 0. The lowest BCUT2D eigenvalue weighted by atomic mass is 9.95. The lowest BCUT2D eigenvalue weighted by Gasteiger charge is -2.28. The van der Waals surface area contributed by atoms with E-state index in [0.29, 0.717) is 18.1 Å². The molecule has 1 aromatic heterocycles. The highest BCUT2D eigenvalue weighted by atomic mass is 16.4. The van der Waals surface area contributed by atoms with E-state index in [9.17, 15) is 4.79 Å². The van der Waals surface area contributed by atoms with Crippen molar-refractivity contribution in [3.63, 3.8) is 0 Å². The number of carboxylic acids is 1. The number of carboxylic acid groups (broad SMARTS) is 1. The van der Waals surface area contributed by atoms with Gasteiger partial charge in [-0.15, -0.1) is 0 Å². The Kier molecular flexibility index (Phi) is 4.36. The molecule has 1 unspecified atom stereocenters. The van der Waals surface area contributed by atoms with E-state index in [1.54, 1.807) is 6.20 Å². The fraction of sp³-hybridized carbons (Fsp3) is 0.692.